The molecule has 5 aliphatic rings. The first-order valence-corrected chi connectivity index (χ1v) is 11.3. The highest BCUT2D eigenvalue weighted by atomic mass is 16.6. The fourth-order valence-electron chi connectivity index (χ4n) is 8.72. The topological polar surface area (TPSA) is 65.1 Å². The van der Waals surface area contributed by atoms with Crippen LogP contribution < -0.4 is 0 Å². The lowest BCUT2D eigenvalue weighted by atomic mass is 9.39. The number of rotatable bonds is 2. The zero-order valence-corrected chi connectivity index (χ0v) is 18.7. The number of esters is 2. The Labute approximate surface area is 175 Å². The van der Waals surface area contributed by atoms with Crippen LogP contribution in [0.25, 0.3) is 0 Å². The Balaban J connectivity index is 1.64. The summed E-state index contributed by atoms with van der Waals surface area (Å²) >= 11 is 0. The van der Waals surface area contributed by atoms with E-state index < -0.39 is 17.5 Å². The quantitative estimate of drug-likeness (QED) is 0.507. The minimum atomic E-state index is -1.31. The molecule has 162 valence electrons. The van der Waals surface area contributed by atoms with E-state index in [9.17, 15) is 11.0 Å². The number of fused-ring (bicyclic) bond motifs is 5. The van der Waals surface area contributed by atoms with Gasteiger partial charge in [-0.15, -0.1) is 0 Å². The van der Waals surface area contributed by atoms with Crippen molar-refractivity contribution in [3.05, 3.63) is 0 Å². The molecule has 5 nitrogen and oxygen atoms in total. The van der Waals surface area contributed by atoms with E-state index in [0.717, 1.165) is 32.1 Å². The molecule has 1 spiro atoms. The average Bonchev–Trinajstić information content (AvgIpc) is 3.37. The molecule has 2 unspecified atom stereocenters. The Hall–Kier alpha value is -1.10. The lowest BCUT2D eigenvalue weighted by molar-refractivity contribution is -0.241. The SMILES string of the molecule is [2H][C@]1(OC(C)=O)CC2[C@]3(CCC4C(C)(C)CC[C@H](OC(C)=O)[C@]42C)C[C@@]1(C)[C@H]1O[C@H]13. The predicted molar refractivity (Wildman–Crippen MR) is 107 cm³/mol. The number of carbonyl (C=O) groups excluding carboxylic acids is 2. The molecule has 2 bridgehead atoms. The van der Waals surface area contributed by atoms with E-state index in [-0.39, 0.29) is 46.4 Å². The predicted octanol–water partition coefficient (Wildman–Crippen LogP) is 4.27. The normalized spacial score (nSPS) is 56.9. The molecule has 4 saturated carbocycles. The second kappa shape index (κ2) is 5.77. The zero-order chi connectivity index (χ0) is 21.9. The highest BCUT2D eigenvalue weighted by Crippen LogP contribution is 2.78. The van der Waals surface area contributed by atoms with E-state index in [1.165, 1.54) is 13.8 Å². The van der Waals surface area contributed by atoms with Gasteiger partial charge in [-0.1, -0.05) is 27.7 Å². The van der Waals surface area contributed by atoms with Gasteiger partial charge in [0.2, 0.25) is 0 Å². The van der Waals surface area contributed by atoms with Crippen molar-refractivity contribution in [3.63, 3.8) is 0 Å². The number of hydrogen-bond donors (Lipinski definition) is 0. The Morgan fingerprint density at radius 1 is 0.966 bits per heavy atom. The lowest BCUT2D eigenvalue weighted by Crippen LogP contribution is -2.65. The van der Waals surface area contributed by atoms with Crippen molar-refractivity contribution in [2.24, 2.45) is 33.5 Å². The highest BCUT2D eigenvalue weighted by molar-refractivity contribution is 5.66. The Kier molecular flexibility index (Phi) is 3.71. The van der Waals surface area contributed by atoms with E-state index in [4.69, 9.17) is 14.2 Å². The average molecular weight is 406 g/mol. The summed E-state index contributed by atoms with van der Waals surface area (Å²) in [6, 6.07) is 0. The monoisotopic (exact) mass is 405 g/mol. The fraction of sp³-hybridized carbons (Fsp3) is 0.917. The molecule has 0 aromatic carbocycles. The van der Waals surface area contributed by atoms with Crippen molar-refractivity contribution in [1.82, 2.24) is 0 Å². The van der Waals surface area contributed by atoms with Crippen LogP contribution in [0, 0.1) is 33.5 Å². The molecule has 0 radical (unpaired) electrons. The van der Waals surface area contributed by atoms with E-state index in [1.54, 1.807) is 0 Å². The zero-order valence-electron chi connectivity index (χ0n) is 19.7. The van der Waals surface area contributed by atoms with Crippen LogP contribution in [-0.2, 0) is 23.8 Å². The van der Waals surface area contributed by atoms with Crippen molar-refractivity contribution in [1.29, 1.82) is 0 Å². The second-order valence-electron chi connectivity index (χ2n) is 11.7. The third kappa shape index (κ3) is 2.43. The number of epoxide rings is 1. The van der Waals surface area contributed by atoms with Gasteiger partial charge in [-0.3, -0.25) is 9.59 Å². The number of hydrogen-bond acceptors (Lipinski definition) is 5. The van der Waals surface area contributed by atoms with Crippen LogP contribution in [0.2, 0.25) is 0 Å². The van der Waals surface area contributed by atoms with Crippen LogP contribution in [0.4, 0.5) is 0 Å². The molecule has 0 aromatic rings. The summed E-state index contributed by atoms with van der Waals surface area (Å²) in [5.74, 6) is -0.123. The summed E-state index contributed by atoms with van der Waals surface area (Å²) in [6.45, 7) is 12.0. The molecular formula is C24H36O5. The van der Waals surface area contributed by atoms with E-state index in [0.29, 0.717) is 12.3 Å². The first-order valence-electron chi connectivity index (χ1n) is 11.8. The van der Waals surface area contributed by atoms with Gasteiger partial charge in [-0.25, -0.2) is 0 Å². The molecular weight excluding hydrogens is 368 g/mol. The Morgan fingerprint density at radius 3 is 2.31 bits per heavy atom. The molecule has 5 rings (SSSR count). The summed E-state index contributed by atoms with van der Waals surface area (Å²) < 4.78 is 27.4. The lowest BCUT2D eigenvalue weighted by Gasteiger charge is -2.67. The number of ether oxygens (including phenoxy) is 3. The third-order valence-corrected chi connectivity index (χ3v) is 9.77. The molecule has 4 aliphatic carbocycles. The van der Waals surface area contributed by atoms with Crippen LogP contribution in [0.1, 0.15) is 81.4 Å². The minimum absolute atomic E-state index is 0.0109. The molecule has 0 amide bonds. The maximum atomic E-state index is 12.1. The van der Waals surface area contributed by atoms with Crippen molar-refractivity contribution < 1.29 is 25.2 Å². The van der Waals surface area contributed by atoms with Crippen LogP contribution in [0.5, 0.6) is 0 Å². The molecule has 0 aromatic heterocycles. The van der Waals surface area contributed by atoms with E-state index >= 15 is 0 Å². The third-order valence-electron chi connectivity index (χ3n) is 9.77. The van der Waals surface area contributed by atoms with Gasteiger partial charge in [0.15, 0.2) is 0 Å². The van der Waals surface area contributed by atoms with Gasteiger partial charge in [0.25, 0.3) is 0 Å². The Morgan fingerprint density at radius 2 is 1.66 bits per heavy atom. The van der Waals surface area contributed by atoms with Crippen molar-refractivity contribution >= 4 is 11.9 Å². The van der Waals surface area contributed by atoms with Crippen molar-refractivity contribution in [2.75, 3.05) is 0 Å². The van der Waals surface area contributed by atoms with Gasteiger partial charge in [0.05, 0.1) is 13.6 Å². The first kappa shape index (κ1) is 18.7. The summed E-state index contributed by atoms with van der Waals surface area (Å²) in [5.41, 5.74) is -0.617. The molecule has 1 heterocycles. The molecule has 5 heteroatoms. The smallest absolute Gasteiger partial charge is 0.302 e. The first-order chi connectivity index (χ1) is 13.8. The van der Waals surface area contributed by atoms with Gasteiger partial charge in [0.1, 0.15) is 12.2 Å². The maximum absolute atomic E-state index is 12.1. The molecule has 1 saturated heterocycles. The van der Waals surface area contributed by atoms with Crippen LogP contribution >= 0.6 is 0 Å². The van der Waals surface area contributed by atoms with Gasteiger partial charge in [-0.2, -0.15) is 0 Å². The highest BCUT2D eigenvalue weighted by Gasteiger charge is 2.80. The minimum Gasteiger partial charge on any atom is -0.462 e. The van der Waals surface area contributed by atoms with E-state index in [2.05, 4.69) is 27.7 Å². The molecule has 9 atom stereocenters. The van der Waals surface area contributed by atoms with Gasteiger partial charge < -0.3 is 14.2 Å². The summed E-state index contributed by atoms with van der Waals surface area (Å²) in [5, 5.41) is 0. The Bertz CT molecular complexity index is 811. The van der Waals surface area contributed by atoms with Crippen molar-refractivity contribution in [2.45, 2.75) is 104 Å². The van der Waals surface area contributed by atoms with Gasteiger partial charge in [0, 0.05) is 30.1 Å². The number of carbonyl (C=O) groups is 2. The fourth-order valence-corrected chi connectivity index (χ4v) is 8.72. The maximum Gasteiger partial charge on any atom is 0.302 e. The van der Waals surface area contributed by atoms with E-state index in [1.807, 2.05) is 0 Å². The van der Waals surface area contributed by atoms with Crippen LogP contribution in [0.3, 0.4) is 0 Å². The molecule has 0 N–H and O–H groups in total. The molecule has 5 fully saturated rings. The molecule has 29 heavy (non-hydrogen) atoms. The summed E-state index contributed by atoms with van der Waals surface area (Å²) in [6.07, 6.45) is 4.05. The second-order valence-corrected chi connectivity index (χ2v) is 11.7. The van der Waals surface area contributed by atoms with Gasteiger partial charge in [-0.05, 0) is 55.8 Å². The summed E-state index contributed by atoms with van der Waals surface area (Å²) in [4.78, 5) is 24.1. The summed E-state index contributed by atoms with van der Waals surface area (Å²) in [7, 11) is 0. The largest absolute Gasteiger partial charge is 0.462 e. The standard InChI is InChI=1S/C24H36O5/c1-13(25)27-17-8-9-21(3,4)15-7-10-24-12-22(5,19-20(24)29-19)18(28-14(2)26)11-16(24)23(15,17)6/h15-20H,7-12H2,1-6H3/t15?,16?,17-,18-,19-,20+,22+,23+,24-/m0/s1/i18D. The van der Waals surface area contributed by atoms with Crippen molar-refractivity contribution in [3.8, 4) is 0 Å². The molecule has 1 aliphatic heterocycles. The van der Waals surface area contributed by atoms with Crippen LogP contribution in [-0.4, -0.2) is 36.3 Å². The van der Waals surface area contributed by atoms with Crippen LogP contribution in [0.15, 0.2) is 0 Å². The van der Waals surface area contributed by atoms with Gasteiger partial charge >= 0.3 is 11.9 Å².